The maximum Gasteiger partial charge on any atom is 0.243 e. The fourth-order valence-corrected chi connectivity index (χ4v) is 6.54. The largest absolute Gasteiger partial charge is 0.452 e. The Balaban J connectivity index is 1.25. The highest BCUT2D eigenvalue weighted by Gasteiger charge is 2.29. The minimum absolute atomic E-state index is 0.0608. The van der Waals surface area contributed by atoms with Crippen LogP contribution < -0.4 is 9.80 Å². The number of furan rings is 1. The van der Waals surface area contributed by atoms with Crippen molar-refractivity contribution >= 4 is 54.1 Å². The van der Waals surface area contributed by atoms with Crippen LogP contribution in [0.3, 0.4) is 0 Å². The lowest BCUT2D eigenvalue weighted by atomic mass is 10.1. The fourth-order valence-electron chi connectivity index (χ4n) is 4.86. The van der Waals surface area contributed by atoms with Crippen LogP contribution in [0.4, 0.5) is 15.8 Å². The van der Waals surface area contributed by atoms with Crippen LogP contribution in [-0.4, -0.2) is 57.8 Å². The number of benzene rings is 3. The summed E-state index contributed by atoms with van der Waals surface area (Å²) in [6.07, 6.45) is 0. The predicted octanol–water partition coefficient (Wildman–Crippen LogP) is 5.92. The molecule has 0 atom stereocenters. The van der Waals surface area contributed by atoms with Crippen molar-refractivity contribution in [3.63, 3.8) is 0 Å². The van der Waals surface area contributed by atoms with E-state index in [1.165, 1.54) is 16.4 Å². The standard InChI is InChI=1S/C29H29BrFN3O4S/c1-3-32(4-2)23-10-7-21-17-28(38-27(21)18-23)29(35)20-5-8-22(9-6-20)33-13-15-34(16-14-33)39(36,37)24-11-12-25(30)26(31)19-24/h5-12,17-19H,3-4,13-16H2,1-2H3. The molecule has 3 aromatic carbocycles. The van der Waals surface area contributed by atoms with Gasteiger partial charge in [-0.05, 0) is 90.4 Å². The molecule has 2 heterocycles. The van der Waals surface area contributed by atoms with Gasteiger partial charge in [-0.2, -0.15) is 4.31 Å². The van der Waals surface area contributed by atoms with E-state index >= 15 is 0 Å². The lowest BCUT2D eigenvalue weighted by Crippen LogP contribution is -2.48. The fraction of sp³-hybridized carbons (Fsp3) is 0.276. The first-order valence-electron chi connectivity index (χ1n) is 12.8. The molecule has 0 radical (unpaired) electrons. The van der Waals surface area contributed by atoms with Crippen LogP contribution in [0.2, 0.25) is 0 Å². The van der Waals surface area contributed by atoms with E-state index in [0.29, 0.717) is 24.2 Å². The molecule has 1 aromatic heterocycles. The van der Waals surface area contributed by atoms with Crippen LogP contribution in [0.25, 0.3) is 11.0 Å². The Kier molecular flexibility index (Phi) is 7.80. The summed E-state index contributed by atoms with van der Waals surface area (Å²) in [6.45, 7) is 7.47. The number of rotatable bonds is 8. The lowest BCUT2D eigenvalue weighted by Gasteiger charge is -2.35. The highest BCUT2D eigenvalue weighted by molar-refractivity contribution is 9.10. The zero-order valence-electron chi connectivity index (χ0n) is 21.7. The maximum atomic E-state index is 13.9. The number of sulfonamides is 1. The topological polar surface area (TPSA) is 74.1 Å². The van der Waals surface area contributed by atoms with Gasteiger partial charge in [-0.3, -0.25) is 4.79 Å². The maximum absolute atomic E-state index is 13.9. The van der Waals surface area contributed by atoms with Crippen LogP contribution in [0, 0.1) is 5.82 Å². The lowest BCUT2D eigenvalue weighted by molar-refractivity contribution is 0.101. The average Bonchev–Trinajstić information content (AvgIpc) is 3.38. The van der Waals surface area contributed by atoms with Gasteiger partial charge in [-0.1, -0.05) is 0 Å². The van der Waals surface area contributed by atoms with Gasteiger partial charge < -0.3 is 14.2 Å². The first-order valence-corrected chi connectivity index (χ1v) is 15.1. The van der Waals surface area contributed by atoms with E-state index in [2.05, 4.69) is 39.6 Å². The summed E-state index contributed by atoms with van der Waals surface area (Å²) in [4.78, 5) is 17.4. The number of ketones is 1. The van der Waals surface area contributed by atoms with Crippen LogP contribution in [-0.2, 0) is 10.0 Å². The minimum Gasteiger partial charge on any atom is -0.452 e. The van der Waals surface area contributed by atoms with E-state index in [-0.39, 0.29) is 34.0 Å². The highest BCUT2D eigenvalue weighted by atomic mass is 79.9. The smallest absolute Gasteiger partial charge is 0.243 e. The molecule has 0 saturated carbocycles. The molecular formula is C29H29BrFN3O4S. The SMILES string of the molecule is CCN(CC)c1ccc2cc(C(=O)c3ccc(N4CCN(S(=O)(=O)c5ccc(Br)c(F)c5)CC4)cc3)oc2c1. The van der Waals surface area contributed by atoms with Gasteiger partial charge in [0, 0.05) is 67.7 Å². The third kappa shape index (κ3) is 5.46. The summed E-state index contributed by atoms with van der Waals surface area (Å²) in [5.74, 6) is -0.520. The number of nitrogens with zero attached hydrogens (tertiary/aromatic N) is 3. The van der Waals surface area contributed by atoms with Gasteiger partial charge in [0.1, 0.15) is 11.4 Å². The van der Waals surface area contributed by atoms with Crippen LogP contribution in [0.15, 0.2) is 80.5 Å². The molecule has 0 bridgehead atoms. The first kappa shape index (κ1) is 27.4. The van der Waals surface area contributed by atoms with Gasteiger partial charge in [-0.15, -0.1) is 0 Å². The quantitative estimate of drug-likeness (QED) is 0.230. The van der Waals surface area contributed by atoms with Crippen LogP contribution >= 0.6 is 15.9 Å². The summed E-state index contributed by atoms with van der Waals surface area (Å²) >= 11 is 3.06. The molecule has 1 aliphatic rings. The van der Waals surface area contributed by atoms with Crippen LogP contribution in [0.5, 0.6) is 0 Å². The Morgan fingerprint density at radius 2 is 1.64 bits per heavy atom. The molecular weight excluding hydrogens is 585 g/mol. The van der Waals surface area contributed by atoms with Gasteiger partial charge >= 0.3 is 0 Å². The number of piperazine rings is 1. The third-order valence-corrected chi connectivity index (χ3v) is 9.66. The molecule has 1 aliphatic heterocycles. The summed E-state index contributed by atoms with van der Waals surface area (Å²) in [7, 11) is -3.79. The summed E-state index contributed by atoms with van der Waals surface area (Å²) in [5.41, 5.74) is 3.15. The second-order valence-electron chi connectivity index (χ2n) is 9.35. The Labute approximate surface area is 236 Å². The molecule has 0 aliphatic carbocycles. The van der Waals surface area contributed by atoms with Gasteiger partial charge in [0.05, 0.1) is 9.37 Å². The van der Waals surface area contributed by atoms with E-state index in [9.17, 15) is 17.6 Å². The van der Waals surface area contributed by atoms with E-state index in [0.717, 1.165) is 35.9 Å². The van der Waals surface area contributed by atoms with Crippen molar-refractivity contribution in [2.45, 2.75) is 18.7 Å². The number of anilines is 2. The number of halogens is 2. The monoisotopic (exact) mass is 613 g/mol. The summed E-state index contributed by atoms with van der Waals surface area (Å²) in [5, 5.41) is 0.879. The molecule has 0 amide bonds. The first-order chi connectivity index (χ1) is 18.7. The Morgan fingerprint density at radius 3 is 2.28 bits per heavy atom. The van der Waals surface area contributed by atoms with E-state index in [1.54, 1.807) is 18.2 Å². The molecule has 7 nitrogen and oxygen atoms in total. The van der Waals surface area contributed by atoms with Gasteiger partial charge in [0.15, 0.2) is 5.76 Å². The van der Waals surface area contributed by atoms with Crippen LogP contribution in [0.1, 0.15) is 30.0 Å². The second kappa shape index (κ2) is 11.1. The van der Waals surface area contributed by atoms with Crippen molar-refractivity contribution in [2.75, 3.05) is 49.1 Å². The minimum atomic E-state index is -3.79. The molecule has 1 fully saturated rings. The number of carbonyl (C=O) groups excluding carboxylic acids is 1. The molecule has 5 rings (SSSR count). The molecule has 0 N–H and O–H groups in total. The zero-order valence-corrected chi connectivity index (χ0v) is 24.1. The molecule has 204 valence electrons. The van der Waals surface area contributed by atoms with E-state index < -0.39 is 15.8 Å². The summed E-state index contributed by atoms with van der Waals surface area (Å²) in [6, 6.07) is 18.8. The third-order valence-electron chi connectivity index (χ3n) is 7.12. The predicted molar refractivity (Wildman–Crippen MR) is 155 cm³/mol. The number of hydrogen-bond donors (Lipinski definition) is 0. The molecule has 4 aromatic rings. The van der Waals surface area contributed by atoms with E-state index in [4.69, 9.17) is 4.42 Å². The molecule has 1 saturated heterocycles. The Bertz CT molecular complexity index is 1610. The Hall–Kier alpha value is -3.21. The second-order valence-corrected chi connectivity index (χ2v) is 12.1. The molecule has 0 spiro atoms. The van der Waals surface area contributed by atoms with Gasteiger partial charge in [-0.25, -0.2) is 12.8 Å². The van der Waals surface area contributed by atoms with Crippen molar-refractivity contribution < 1.29 is 22.0 Å². The van der Waals surface area contributed by atoms with Crippen molar-refractivity contribution in [3.8, 4) is 0 Å². The normalized spacial score (nSPS) is 14.6. The highest BCUT2D eigenvalue weighted by Crippen LogP contribution is 2.28. The summed E-state index contributed by atoms with van der Waals surface area (Å²) < 4.78 is 47.4. The van der Waals surface area contributed by atoms with Crippen molar-refractivity contribution in [3.05, 3.63) is 88.3 Å². The molecule has 0 unspecified atom stereocenters. The molecule has 39 heavy (non-hydrogen) atoms. The number of fused-ring (bicyclic) bond motifs is 1. The zero-order chi connectivity index (χ0) is 27.7. The number of hydrogen-bond acceptors (Lipinski definition) is 6. The van der Waals surface area contributed by atoms with Crippen molar-refractivity contribution in [2.24, 2.45) is 0 Å². The van der Waals surface area contributed by atoms with Gasteiger partial charge in [0.2, 0.25) is 15.8 Å². The average molecular weight is 615 g/mol. The van der Waals surface area contributed by atoms with Gasteiger partial charge in [0.25, 0.3) is 0 Å². The Morgan fingerprint density at radius 1 is 0.949 bits per heavy atom. The van der Waals surface area contributed by atoms with E-state index in [1.807, 2.05) is 30.3 Å². The molecule has 10 heteroatoms. The number of carbonyl (C=O) groups is 1. The van der Waals surface area contributed by atoms with Crippen molar-refractivity contribution in [1.82, 2.24) is 4.31 Å². The van der Waals surface area contributed by atoms with Crippen molar-refractivity contribution in [1.29, 1.82) is 0 Å².